The lowest BCUT2D eigenvalue weighted by Gasteiger charge is -2.36. The summed E-state index contributed by atoms with van der Waals surface area (Å²) in [6, 6.07) is 8.52. The number of halogens is 1. The molecule has 0 fully saturated rings. The van der Waals surface area contributed by atoms with Crippen LogP contribution in [0.5, 0.6) is 0 Å². The van der Waals surface area contributed by atoms with E-state index in [-0.39, 0.29) is 23.3 Å². The van der Waals surface area contributed by atoms with Crippen LogP contribution in [-0.4, -0.2) is 29.4 Å². The van der Waals surface area contributed by atoms with Crippen molar-refractivity contribution < 1.29 is 14.5 Å². The second-order valence-corrected chi connectivity index (χ2v) is 8.37. The number of quaternary nitrogens is 1. The number of amides is 1. The first-order valence-corrected chi connectivity index (χ1v) is 9.19. The van der Waals surface area contributed by atoms with Crippen LogP contribution < -0.4 is 5.32 Å². The Labute approximate surface area is 146 Å². The molecule has 0 aliphatic carbocycles. The maximum absolute atomic E-state index is 13.3. The van der Waals surface area contributed by atoms with Gasteiger partial charge in [0.25, 0.3) is 5.91 Å². The molecule has 1 aliphatic heterocycles. The van der Waals surface area contributed by atoms with Gasteiger partial charge >= 0.3 is 0 Å². The minimum atomic E-state index is -0.251. The van der Waals surface area contributed by atoms with E-state index >= 15 is 0 Å². The van der Waals surface area contributed by atoms with Crippen molar-refractivity contribution in [3.05, 3.63) is 57.5 Å². The summed E-state index contributed by atoms with van der Waals surface area (Å²) in [5.41, 5.74) is 2.17. The van der Waals surface area contributed by atoms with Crippen LogP contribution in [0.3, 0.4) is 0 Å². The van der Waals surface area contributed by atoms with Crippen molar-refractivity contribution in [2.24, 2.45) is 0 Å². The van der Waals surface area contributed by atoms with Gasteiger partial charge in [0, 0.05) is 11.4 Å². The van der Waals surface area contributed by atoms with Gasteiger partial charge < -0.3 is 10.2 Å². The Bertz CT molecular complexity index is 718. The fourth-order valence-corrected chi connectivity index (χ4v) is 4.00. The van der Waals surface area contributed by atoms with Gasteiger partial charge in [-0.2, -0.15) is 0 Å². The molecule has 2 aromatic rings. The SMILES string of the molecule is CC(C)(C)[NH2+]CC(=O)N1CCc2sccc2[C@@H]1c1ccc(F)cc1. The van der Waals surface area contributed by atoms with Crippen molar-refractivity contribution in [2.75, 3.05) is 13.1 Å². The standard InChI is InChI=1S/C19H23FN2OS/c1-19(2,3)21-12-17(23)22-10-8-16-15(9-11-24-16)18(22)13-4-6-14(20)7-5-13/h4-7,9,11,18,21H,8,10,12H2,1-3H3/p+1/t18-/m0/s1. The number of carbonyl (C=O) groups is 1. The van der Waals surface area contributed by atoms with E-state index < -0.39 is 0 Å². The van der Waals surface area contributed by atoms with Crippen LogP contribution in [0.4, 0.5) is 4.39 Å². The molecule has 2 N–H and O–H groups in total. The number of hydrogen-bond donors (Lipinski definition) is 1. The van der Waals surface area contributed by atoms with E-state index in [0.717, 1.165) is 12.0 Å². The van der Waals surface area contributed by atoms with Crippen LogP contribution in [0.25, 0.3) is 0 Å². The molecular weight excluding hydrogens is 323 g/mol. The number of carbonyl (C=O) groups excluding carboxylic acids is 1. The molecule has 0 saturated carbocycles. The number of nitrogens with zero attached hydrogens (tertiary/aromatic N) is 1. The number of rotatable bonds is 3. The van der Waals surface area contributed by atoms with E-state index in [4.69, 9.17) is 0 Å². The Morgan fingerprint density at radius 2 is 2.00 bits per heavy atom. The smallest absolute Gasteiger partial charge is 0.278 e. The molecule has 1 aliphatic rings. The molecule has 3 rings (SSSR count). The molecule has 128 valence electrons. The number of thiophene rings is 1. The van der Waals surface area contributed by atoms with Gasteiger partial charge in [-0.1, -0.05) is 12.1 Å². The molecule has 1 aromatic carbocycles. The van der Waals surface area contributed by atoms with Crippen LogP contribution in [-0.2, 0) is 11.2 Å². The van der Waals surface area contributed by atoms with Crippen LogP contribution in [0.15, 0.2) is 35.7 Å². The van der Waals surface area contributed by atoms with E-state index in [2.05, 4.69) is 37.5 Å². The van der Waals surface area contributed by atoms with Crippen molar-refractivity contribution in [2.45, 2.75) is 38.8 Å². The lowest BCUT2D eigenvalue weighted by molar-refractivity contribution is -0.707. The maximum atomic E-state index is 13.3. The first kappa shape index (κ1) is 17.1. The summed E-state index contributed by atoms with van der Waals surface area (Å²) in [6.07, 6.45) is 0.895. The van der Waals surface area contributed by atoms with E-state index in [9.17, 15) is 9.18 Å². The normalized spacial score (nSPS) is 17.7. The predicted molar refractivity (Wildman–Crippen MR) is 94.5 cm³/mol. The minimum absolute atomic E-state index is 0.0182. The lowest BCUT2D eigenvalue weighted by atomic mass is 9.93. The van der Waals surface area contributed by atoms with Gasteiger partial charge in [-0.05, 0) is 61.9 Å². The highest BCUT2D eigenvalue weighted by atomic mass is 32.1. The largest absolute Gasteiger partial charge is 0.334 e. The summed E-state index contributed by atoms with van der Waals surface area (Å²) >= 11 is 1.74. The molecule has 0 unspecified atom stereocenters. The second-order valence-electron chi connectivity index (χ2n) is 7.36. The summed E-state index contributed by atoms with van der Waals surface area (Å²) < 4.78 is 13.3. The average molecular weight is 347 g/mol. The van der Waals surface area contributed by atoms with Gasteiger partial charge in [0.1, 0.15) is 5.82 Å². The number of nitrogens with two attached hydrogens (primary N) is 1. The van der Waals surface area contributed by atoms with Crippen molar-refractivity contribution >= 4 is 17.2 Å². The molecular formula is C19H24FN2OS+. The number of benzene rings is 1. The highest BCUT2D eigenvalue weighted by molar-refractivity contribution is 7.10. The zero-order chi connectivity index (χ0) is 17.3. The second kappa shape index (κ2) is 6.65. The first-order valence-electron chi connectivity index (χ1n) is 8.31. The molecule has 1 amide bonds. The third-order valence-electron chi connectivity index (χ3n) is 4.36. The van der Waals surface area contributed by atoms with Gasteiger partial charge in [0.05, 0.1) is 11.6 Å². The quantitative estimate of drug-likeness (QED) is 0.911. The van der Waals surface area contributed by atoms with Crippen molar-refractivity contribution in [1.29, 1.82) is 0 Å². The van der Waals surface area contributed by atoms with Gasteiger partial charge in [-0.15, -0.1) is 11.3 Å². The molecule has 24 heavy (non-hydrogen) atoms. The molecule has 0 saturated heterocycles. The van der Waals surface area contributed by atoms with Crippen molar-refractivity contribution in [1.82, 2.24) is 4.90 Å². The fourth-order valence-electron chi connectivity index (χ4n) is 3.10. The highest BCUT2D eigenvalue weighted by Gasteiger charge is 2.33. The van der Waals surface area contributed by atoms with Gasteiger partial charge in [-0.25, -0.2) is 4.39 Å². The van der Waals surface area contributed by atoms with E-state index in [0.29, 0.717) is 13.1 Å². The van der Waals surface area contributed by atoms with E-state index in [1.165, 1.54) is 22.6 Å². The summed E-state index contributed by atoms with van der Waals surface area (Å²) in [4.78, 5) is 16.1. The molecule has 5 heteroatoms. The van der Waals surface area contributed by atoms with Crippen LogP contribution in [0.2, 0.25) is 0 Å². The van der Waals surface area contributed by atoms with Crippen LogP contribution in [0, 0.1) is 5.82 Å². The van der Waals surface area contributed by atoms with Crippen LogP contribution >= 0.6 is 11.3 Å². The number of hydrogen-bond acceptors (Lipinski definition) is 2. The Morgan fingerprint density at radius 1 is 1.29 bits per heavy atom. The minimum Gasteiger partial charge on any atom is -0.334 e. The molecule has 3 nitrogen and oxygen atoms in total. The van der Waals surface area contributed by atoms with Crippen LogP contribution in [0.1, 0.15) is 42.8 Å². The molecule has 0 radical (unpaired) electrons. The van der Waals surface area contributed by atoms with E-state index in [1.54, 1.807) is 23.5 Å². The lowest BCUT2D eigenvalue weighted by Crippen LogP contribution is -2.96. The molecule has 1 aromatic heterocycles. The summed E-state index contributed by atoms with van der Waals surface area (Å²) in [5, 5.41) is 4.15. The molecule has 1 atom stereocenters. The monoisotopic (exact) mass is 347 g/mol. The Hall–Kier alpha value is -1.72. The Balaban J connectivity index is 1.90. The predicted octanol–water partition coefficient (Wildman–Crippen LogP) is 2.72. The Kier molecular flexibility index (Phi) is 4.74. The summed E-state index contributed by atoms with van der Waals surface area (Å²) in [6.45, 7) is 7.45. The fraction of sp³-hybridized carbons (Fsp3) is 0.421. The average Bonchev–Trinajstić information content (AvgIpc) is 3.00. The third-order valence-corrected chi connectivity index (χ3v) is 5.36. The molecule has 0 spiro atoms. The zero-order valence-corrected chi connectivity index (χ0v) is 15.2. The van der Waals surface area contributed by atoms with Gasteiger partial charge in [0.15, 0.2) is 6.54 Å². The van der Waals surface area contributed by atoms with E-state index in [1.807, 2.05) is 4.90 Å². The third kappa shape index (κ3) is 3.68. The summed E-state index contributed by atoms with van der Waals surface area (Å²) in [7, 11) is 0. The van der Waals surface area contributed by atoms with Gasteiger partial charge in [-0.3, -0.25) is 4.79 Å². The molecule has 2 heterocycles. The van der Waals surface area contributed by atoms with Crippen molar-refractivity contribution in [3.63, 3.8) is 0 Å². The van der Waals surface area contributed by atoms with Gasteiger partial charge in [0.2, 0.25) is 0 Å². The maximum Gasteiger partial charge on any atom is 0.278 e. The topological polar surface area (TPSA) is 36.9 Å². The summed E-state index contributed by atoms with van der Waals surface area (Å²) in [5.74, 6) is -0.116. The van der Waals surface area contributed by atoms with Crippen molar-refractivity contribution in [3.8, 4) is 0 Å². The Morgan fingerprint density at radius 3 is 2.67 bits per heavy atom. The first-order chi connectivity index (χ1) is 11.3. The molecule has 0 bridgehead atoms. The zero-order valence-electron chi connectivity index (χ0n) is 14.4. The highest BCUT2D eigenvalue weighted by Crippen LogP contribution is 2.37. The number of fused-ring (bicyclic) bond motifs is 1.